The molecule has 1 amide bonds. The van der Waals surface area contributed by atoms with Crippen molar-refractivity contribution in [2.24, 2.45) is 5.14 Å². The minimum absolute atomic E-state index is 0.114. The third-order valence-corrected chi connectivity index (χ3v) is 4.20. The van der Waals surface area contributed by atoms with Crippen molar-refractivity contribution in [1.82, 2.24) is 0 Å². The molecule has 0 saturated heterocycles. The molecule has 8 heteroatoms. The maximum Gasteiger partial charge on any atom is 0.340 e. The zero-order valence-electron chi connectivity index (χ0n) is 13.8. The van der Waals surface area contributed by atoms with Crippen LogP contribution >= 0.6 is 0 Å². The second-order valence-corrected chi connectivity index (χ2v) is 6.86. The second kappa shape index (κ2) is 7.45. The van der Waals surface area contributed by atoms with E-state index in [0.29, 0.717) is 5.56 Å². The molecular weight excluding hydrogens is 344 g/mol. The topological polar surface area (TPSA) is 116 Å². The molecular formula is C17H18N2O5S. The van der Waals surface area contributed by atoms with Crippen LogP contribution in [0.5, 0.6) is 0 Å². The summed E-state index contributed by atoms with van der Waals surface area (Å²) in [4.78, 5) is 24.3. The normalized spacial score (nSPS) is 11.0. The summed E-state index contributed by atoms with van der Waals surface area (Å²) in [6.45, 7) is 3.54. The summed E-state index contributed by atoms with van der Waals surface area (Å²) in [7, 11) is -3.94. The third kappa shape index (κ3) is 4.65. The highest BCUT2D eigenvalue weighted by atomic mass is 32.2. The van der Waals surface area contributed by atoms with Gasteiger partial charge < -0.3 is 10.1 Å². The fraction of sp³-hybridized carbons (Fsp3) is 0.176. The lowest BCUT2D eigenvalue weighted by atomic mass is 10.1. The number of hydrogen-bond acceptors (Lipinski definition) is 5. The number of primary sulfonamides is 1. The maximum atomic E-state index is 12.5. The number of para-hydroxylation sites is 1. The maximum absolute atomic E-state index is 12.5. The van der Waals surface area contributed by atoms with Gasteiger partial charge in [0.05, 0.1) is 22.8 Å². The van der Waals surface area contributed by atoms with Gasteiger partial charge in [-0.15, -0.1) is 0 Å². The van der Waals surface area contributed by atoms with Crippen LogP contribution in [-0.2, 0) is 14.8 Å². The molecule has 7 nitrogen and oxygen atoms in total. The second-order valence-electron chi connectivity index (χ2n) is 5.30. The van der Waals surface area contributed by atoms with Crippen LogP contribution in [0.1, 0.15) is 33.2 Å². The molecule has 0 unspecified atom stereocenters. The number of sulfonamides is 1. The van der Waals surface area contributed by atoms with Crippen LogP contribution in [0.3, 0.4) is 0 Å². The van der Waals surface area contributed by atoms with Gasteiger partial charge in [0.15, 0.2) is 0 Å². The highest BCUT2D eigenvalue weighted by Gasteiger charge is 2.17. The summed E-state index contributed by atoms with van der Waals surface area (Å²) in [6, 6.07) is 10.5. The molecule has 25 heavy (non-hydrogen) atoms. The van der Waals surface area contributed by atoms with Gasteiger partial charge >= 0.3 is 5.97 Å². The number of amides is 1. The first kappa shape index (κ1) is 18.6. The fourth-order valence-corrected chi connectivity index (χ4v) is 2.86. The van der Waals surface area contributed by atoms with Gasteiger partial charge in [0.2, 0.25) is 10.0 Å². The van der Waals surface area contributed by atoms with Crippen molar-refractivity contribution in [2.75, 3.05) is 11.9 Å². The van der Waals surface area contributed by atoms with Crippen LogP contribution in [-0.4, -0.2) is 26.9 Å². The Morgan fingerprint density at radius 3 is 2.48 bits per heavy atom. The number of nitrogens with two attached hydrogens (primary N) is 1. The van der Waals surface area contributed by atoms with Crippen molar-refractivity contribution in [2.45, 2.75) is 18.7 Å². The Balaban J connectivity index is 2.36. The van der Waals surface area contributed by atoms with Gasteiger partial charge in [-0.2, -0.15) is 0 Å². The van der Waals surface area contributed by atoms with Crippen LogP contribution < -0.4 is 10.5 Å². The Bertz CT molecular complexity index is 922. The molecule has 2 aromatic rings. The molecule has 0 spiro atoms. The lowest BCUT2D eigenvalue weighted by Gasteiger charge is -2.11. The Morgan fingerprint density at radius 1 is 1.16 bits per heavy atom. The number of hydrogen-bond donors (Lipinski definition) is 2. The summed E-state index contributed by atoms with van der Waals surface area (Å²) in [5.41, 5.74) is 1.15. The van der Waals surface area contributed by atoms with Crippen molar-refractivity contribution in [3.8, 4) is 0 Å². The Hall–Kier alpha value is -2.71. The number of carbonyl (C=O) groups is 2. The van der Waals surface area contributed by atoms with Crippen molar-refractivity contribution >= 4 is 27.6 Å². The predicted molar refractivity (Wildman–Crippen MR) is 92.9 cm³/mol. The van der Waals surface area contributed by atoms with Crippen molar-refractivity contribution < 1.29 is 22.7 Å². The molecule has 2 rings (SSSR count). The number of anilines is 1. The lowest BCUT2D eigenvalue weighted by Crippen LogP contribution is -2.18. The standard InChI is InChI=1S/C17H18N2O5S/c1-3-24-17(21)14-6-4-5-7-15(14)19-16(20)12-8-11(2)9-13(10-12)25(18,22)23/h4-10H,3H2,1-2H3,(H,19,20)(H2,18,22,23). The van der Waals surface area contributed by atoms with Crippen molar-refractivity contribution in [3.05, 3.63) is 59.2 Å². The van der Waals surface area contributed by atoms with E-state index in [4.69, 9.17) is 9.88 Å². The fourth-order valence-electron chi connectivity index (χ4n) is 2.22. The van der Waals surface area contributed by atoms with Gasteiger partial charge in [-0.05, 0) is 49.7 Å². The molecule has 132 valence electrons. The summed E-state index contributed by atoms with van der Waals surface area (Å²) in [6.07, 6.45) is 0. The van der Waals surface area contributed by atoms with Crippen LogP contribution in [0.15, 0.2) is 47.4 Å². The predicted octanol–water partition coefficient (Wildman–Crippen LogP) is 2.07. The molecule has 0 bridgehead atoms. The molecule has 0 heterocycles. The quantitative estimate of drug-likeness (QED) is 0.790. The smallest absolute Gasteiger partial charge is 0.340 e. The van der Waals surface area contributed by atoms with Gasteiger partial charge in [-0.3, -0.25) is 4.79 Å². The molecule has 3 N–H and O–H groups in total. The highest BCUT2D eigenvalue weighted by molar-refractivity contribution is 7.89. The molecule has 0 fully saturated rings. The van der Waals surface area contributed by atoms with Crippen LogP contribution in [0.2, 0.25) is 0 Å². The van der Waals surface area contributed by atoms with Gasteiger partial charge in [0, 0.05) is 5.56 Å². The monoisotopic (exact) mass is 362 g/mol. The first-order valence-corrected chi connectivity index (χ1v) is 8.99. The highest BCUT2D eigenvalue weighted by Crippen LogP contribution is 2.19. The summed E-state index contributed by atoms with van der Waals surface area (Å²) in [5, 5.41) is 7.72. The van der Waals surface area contributed by atoms with Gasteiger partial charge in [0.1, 0.15) is 0 Å². The molecule has 0 aliphatic carbocycles. The minimum atomic E-state index is -3.94. The van der Waals surface area contributed by atoms with E-state index < -0.39 is 21.9 Å². The molecule has 2 aromatic carbocycles. The number of benzene rings is 2. The first-order chi connectivity index (χ1) is 11.7. The molecule has 0 atom stereocenters. The molecule has 0 aliphatic rings. The number of nitrogens with one attached hydrogen (secondary N) is 1. The lowest BCUT2D eigenvalue weighted by molar-refractivity contribution is 0.0527. The number of aryl methyl sites for hydroxylation is 1. The Labute approximate surface area is 145 Å². The largest absolute Gasteiger partial charge is 0.462 e. The number of carbonyl (C=O) groups excluding carboxylic acids is 2. The van der Waals surface area contributed by atoms with E-state index in [1.807, 2.05) is 0 Å². The summed E-state index contributed by atoms with van der Waals surface area (Å²) < 4.78 is 28.0. The average molecular weight is 362 g/mol. The summed E-state index contributed by atoms with van der Waals surface area (Å²) >= 11 is 0. The van der Waals surface area contributed by atoms with E-state index in [9.17, 15) is 18.0 Å². The zero-order chi connectivity index (χ0) is 18.6. The van der Waals surface area contributed by atoms with Crippen molar-refractivity contribution in [1.29, 1.82) is 0 Å². The summed E-state index contributed by atoms with van der Waals surface area (Å²) in [5.74, 6) is -1.13. The molecule has 0 radical (unpaired) electrons. The van der Waals surface area contributed by atoms with Crippen LogP contribution in [0.4, 0.5) is 5.69 Å². The molecule has 0 aliphatic heterocycles. The van der Waals surface area contributed by atoms with E-state index in [1.54, 1.807) is 32.0 Å². The Kier molecular flexibility index (Phi) is 5.55. The van der Waals surface area contributed by atoms with Crippen molar-refractivity contribution in [3.63, 3.8) is 0 Å². The number of rotatable bonds is 5. The Morgan fingerprint density at radius 2 is 1.84 bits per heavy atom. The van der Waals surface area contributed by atoms with Gasteiger partial charge in [0.25, 0.3) is 5.91 Å². The van der Waals surface area contributed by atoms with E-state index in [-0.39, 0.29) is 28.3 Å². The first-order valence-electron chi connectivity index (χ1n) is 7.44. The molecule has 0 saturated carbocycles. The van der Waals surface area contributed by atoms with Crippen LogP contribution in [0, 0.1) is 6.92 Å². The number of esters is 1. The molecule has 0 aromatic heterocycles. The van der Waals surface area contributed by atoms with E-state index in [2.05, 4.69) is 5.32 Å². The number of ether oxygens (including phenoxy) is 1. The average Bonchev–Trinajstić information content (AvgIpc) is 2.54. The van der Waals surface area contributed by atoms with E-state index in [1.165, 1.54) is 24.3 Å². The van der Waals surface area contributed by atoms with E-state index >= 15 is 0 Å². The van der Waals surface area contributed by atoms with E-state index in [0.717, 1.165) is 0 Å². The SMILES string of the molecule is CCOC(=O)c1ccccc1NC(=O)c1cc(C)cc(S(N)(=O)=O)c1. The minimum Gasteiger partial charge on any atom is -0.462 e. The van der Waals surface area contributed by atoms with Gasteiger partial charge in [-0.1, -0.05) is 12.1 Å². The third-order valence-electron chi connectivity index (χ3n) is 3.31. The van der Waals surface area contributed by atoms with Crippen LogP contribution in [0.25, 0.3) is 0 Å². The zero-order valence-corrected chi connectivity index (χ0v) is 14.6. The van der Waals surface area contributed by atoms with Gasteiger partial charge in [-0.25, -0.2) is 18.4 Å².